The topological polar surface area (TPSA) is 62.2 Å². The zero-order valence-electron chi connectivity index (χ0n) is 10.7. The molecule has 2 N–H and O–H groups in total. The number of nitrogens with one attached hydrogen (secondary N) is 1. The number of rotatable bonds is 5. The first-order valence-electron chi connectivity index (χ1n) is 6.58. The number of hydrogen-bond acceptors (Lipinski definition) is 4. The molecular formula is C13H20N2O2S. The highest BCUT2D eigenvalue weighted by Crippen LogP contribution is 2.26. The van der Waals surface area contributed by atoms with E-state index in [1.165, 1.54) is 43.4 Å². The molecule has 1 atom stereocenters. The van der Waals surface area contributed by atoms with Crippen LogP contribution in [0.2, 0.25) is 0 Å². The van der Waals surface area contributed by atoms with Gasteiger partial charge in [-0.2, -0.15) is 0 Å². The van der Waals surface area contributed by atoms with Gasteiger partial charge in [-0.1, -0.05) is 19.3 Å². The van der Waals surface area contributed by atoms with Crippen LogP contribution in [0.3, 0.4) is 0 Å². The summed E-state index contributed by atoms with van der Waals surface area (Å²) < 4.78 is 0. The zero-order valence-corrected chi connectivity index (χ0v) is 11.5. The van der Waals surface area contributed by atoms with Crippen molar-refractivity contribution in [1.29, 1.82) is 0 Å². The van der Waals surface area contributed by atoms with E-state index < -0.39 is 5.97 Å². The number of aromatic carboxylic acids is 1. The van der Waals surface area contributed by atoms with Crippen molar-refractivity contribution in [2.24, 2.45) is 5.92 Å². The largest absolute Gasteiger partial charge is 0.476 e. The number of aromatic nitrogens is 1. The smallest absolute Gasteiger partial charge is 0.365 e. The van der Waals surface area contributed by atoms with E-state index in [2.05, 4.69) is 17.2 Å². The lowest BCUT2D eigenvalue weighted by Gasteiger charge is -2.28. The Bertz CT molecular complexity index is 399. The Morgan fingerprint density at radius 2 is 2.28 bits per heavy atom. The zero-order chi connectivity index (χ0) is 13.0. The van der Waals surface area contributed by atoms with Crippen molar-refractivity contribution in [2.75, 3.05) is 0 Å². The number of carboxylic acid groups (broad SMARTS) is 1. The Morgan fingerprint density at radius 3 is 2.89 bits per heavy atom. The fourth-order valence-corrected chi connectivity index (χ4v) is 3.21. The van der Waals surface area contributed by atoms with Crippen LogP contribution >= 0.6 is 11.3 Å². The monoisotopic (exact) mass is 268 g/mol. The van der Waals surface area contributed by atoms with Gasteiger partial charge in [-0.05, 0) is 25.7 Å². The summed E-state index contributed by atoms with van der Waals surface area (Å²) in [5.41, 5.74) is 0.833. The summed E-state index contributed by atoms with van der Waals surface area (Å²) in [6.07, 6.45) is 6.68. The molecule has 0 saturated heterocycles. The van der Waals surface area contributed by atoms with Gasteiger partial charge in [-0.3, -0.25) is 0 Å². The molecular weight excluding hydrogens is 248 g/mol. The summed E-state index contributed by atoms with van der Waals surface area (Å²) >= 11 is 1.19. The van der Waals surface area contributed by atoms with Gasteiger partial charge < -0.3 is 10.4 Å². The van der Waals surface area contributed by atoms with E-state index in [9.17, 15) is 4.79 Å². The molecule has 1 fully saturated rings. The van der Waals surface area contributed by atoms with E-state index in [4.69, 9.17) is 5.11 Å². The highest BCUT2D eigenvalue weighted by Gasteiger charge is 2.19. The number of hydrogen-bond donors (Lipinski definition) is 2. The number of nitrogens with zero attached hydrogens (tertiary/aromatic N) is 1. The molecule has 0 bridgehead atoms. The first kappa shape index (κ1) is 13.5. The first-order valence-corrected chi connectivity index (χ1v) is 7.46. The predicted octanol–water partition coefficient (Wildman–Crippen LogP) is 2.90. The van der Waals surface area contributed by atoms with Crippen molar-refractivity contribution in [1.82, 2.24) is 10.3 Å². The van der Waals surface area contributed by atoms with Crippen molar-refractivity contribution >= 4 is 17.3 Å². The molecule has 18 heavy (non-hydrogen) atoms. The molecule has 100 valence electrons. The molecule has 2 rings (SSSR count). The molecule has 1 saturated carbocycles. The third kappa shape index (κ3) is 3.53. The van der Waals surface area contributed by atoms with E-state index in [1.807, 2.05) is 5.38 Å². The van der Waals surface area contributed by atoms with Crippen LogP contribution in [0.1, 0.15) is 54.5 Å². The van der Waals surface area contributed by atoms with Crippen molar-refractivity contribution in [3.8, 4) is 0 Å². The summed E-state index contributed by atoms with van der Waals surface area (Å²) in [5, 5.41) is 14.3. The van der Waals surface area contributed by atoms with Gasteiger partial charge in [0.05, 0.1) is 5.69 Å². The van der Waals surface area contributed by atoms with E-state index in [0.29, 0.717) is 12.6 Å². The molecule has 0 radical (unpaired) electrons. The maximum atomic E-state index is 10.7. The van der Waals surface area contributed by atoms with Gasteiger partial charge in [0.2, 0.25) is 5.01 Å². The molecule has 5 heteroatoms. The quantitative estimate of drug-likeness (QED) is 0.862. The van der Waals surface area contributed by atoms with Gasteiger partial charge in [-0.25, -0.2) is 9.78 Å². The third-order valence-electron chi connectivity index (χ3n) is 3.70. The van der Waals surface area contributed by atoms with Crippen molar-refractivity contribution in [3.05, 3.63) is 16.1 Å². The summed E-state index contributed by atoms with van der Waals surface area (Å²) in [4.78, 5) is 14.8. The van der Waals surface area contributed by atoms with Crippen LogP contribution in [-0.2, 0) is 6.54 Å². The summed E-state index contributed by atoms with van der Waals surface area (Å²) in [5.74, 6) is -0.178. The molecule has 0 amide bonds. The average molecular weight is 268 g/mol. The van der Waals surface area contributed by atoms with E-state index >= 15 is 0 Å². The molecule has 1 heterocycles. The highest BCUT2D eigenvalue weighted by molar-refractivity contribution is 7.11. The maximum absolute atomic E-state index is 10.7. The number of thiazole rings is 1. The van der Waals surface area contributed by atoms with Gasteiger partial charge in [0.25, 0.3) is 0 Å². The average Bonchev–Trinajstić information content (AvgIpc) is 2.86. The standard InChI is InChI=1S/C13H20N2O2S/c1-9(10-5-3-2-4-6-10)14-7-11-8-18-12(15-11)13(16)17/h8-10,14H,2-7H2,1H3,(H,16,17)/t9-/m0/s1. The second-order valence-corrected chi connectivity index (χ2v) is 5.87. The lowest BCUT2D eigenvalue weighted by atomic mass is 9.84. The Kier molecular flexibility index (Phi) is 4.72. The van der Waals surface area contributed by atoms with Crippen LogP contribution in [-0.4, -0.2) is 22.1 Å². The minimum Gasteiger partial charge on any atom is -0.476 e. The molecule has 1 aliphatic rings. The fraction of sp³-hybridized carbons (Fsp3) is 0.692. The van der Waals surface area contributed by atoms with Crippen LogP contribution in [0, 0.1) is 5.92 Å². The minimum absolute atomic E-state index is 0.178. The van der Waals surface area contributed by atoms with Gasteiger partial charge in [0, 0.05) is 18.0 Å². The molecule has 0 unspecified atom stereocenters. The van der Waals surface area contributed by atoms with Crippen molar-refractivity contribution in [3.63, 3.8) is 0 Å². The van der Waals surface area contributed by atoms with Gasteiger partial charge in [0.1, 0.15) is 0 Å². The predicted molar refractivity (Wildman–Crippen MR) is 72.0 cm³/mol. The second-order valence-electron chi connectivity index (χ2n) is 5.02. The maximum Gasteiger partial charge on any atom is 0.365 e. The van der Waals surface area contributed by atoms with Crippen LogP contribution in [0.15, 0.2) is 5.38 Å². The van der Waals surface area contributed by atoms with E-state index in [1.54, 1.807) is 0 Å². The fourth-order valence-electron chi connectivity index (χ4n) is 2.55. The highest BCUT2D eigenvalue weighted by atomic mass is 32.1. The normalized spacial score (nSPS) is 18.7. The Morgan fingerprint density at radius 1 is 1.56 bits per heavy atom. The van der Waals surface area contributed by atoms with Crippen LogP contribution in [0.25, 0.3) is 0 Å². The Hall–Kier alpha value is -0.940. The summed E-state index contributed by atoms with van der Waals surface area (Å²) in [6, 6.07) is 0.486. The lowest BCUT2D eigenvalue weighted by molar-refractivity contribution is 0.0696. The number of carboxylic acids is 1. The van der Waals surface area contributed by atoms with Crippen LogP contribution < -0.4 is 5.32 Å². The third-order valence-corrected chi connectivity index (χ3v) is 4.58. The lowest BCUT2D eigenvalue weighted by Crippen LogP contribution is -2.34. The molecule has 1 aromatic rings. The Balaban J connectivity index is 1.80. The van der Waals surface area contributed by atoms with E-state index in [-0.39, 0.29) is 5.01 Å². The molecule has 1 aromatic heterocycles. The Labute approximate surface area is 111 Å². The first-order chi connectivity index (χ1) is 8.66. The van der Waals surface area contributed by atoms with Crippen LogP contribution in [0.4, 0.5) is 0 Å². The van der Waals surface area contributed by atoms with Crippen molar-refractivity contribution in [2.45, 2.75) is 51.6 Å². The molecule has 0 spiro atoms. The summed E-state index contributed by atoms with van der Waals surface area (Å²) in [7, 11) is 0. The van der Waals surface area contributed by atoms with Crippen molar-refractivity contribution < 1.29 is 9.90 Å². The number of carbonyl (C=O) groups is 1. The molecule has 0 aromatic carbocycles. The summed E-state index contributed by atoms with van der Waals surface area (Å²) in [6.45, 7) is 2.89. The SMILES string of the molecule is C[C@H](NCc1csc(C(=O)O)n1)C1CCCCC1. The second kappa shape index (κ2) is 6.29. The van der Waals surface area contributed by atoms with E-state index in [0.717, 1.165) is 11.6 Å². The molecule has 0 aliphatic heterocycles. The molecule has 4 nitrogen and oxygen atoms in total. The van der Waals surface area contributed by atoms with Gasteiger partial charge in [0.15, 0.2) is 0 Å². The minimum atomic E-state index is -0.938. The van der Waals surface area contributed by atoms with Crippen LogP contribution in [0.5, 0.6) is 0 Å². The van der Waals surface area contributed by atoms with Gasteiger partial charge in [-0.15, -0.1) is 11.3 Å². The van der Waals surface area contributed by atoms with Gasteiger partial charge >= 0.3 is 5.97 Å². The molecule has 1 aliphatic carbocycles.